The monoisotopic (exact) mass is 428 g/mol. The molecule has 1 aromatic heterocycles. The molecule has 0 aliphatic carbocycles. The maximum absolute atomic E-state index is 13.0. The number of oxazole rings is 1. The highest BCUT2D eigenvalue weighted by atomic mass is 31.2. The number of aromatic nitrogens is 1. The van der Waals surface area contributed by atoms with Gasteiger partial charge in [-0.3, -0.25) is 4.57 Å². The second-order valence-corrected chi connectivity index (χ2v) is 8.50. The van der Waals surface area contributed by atoms with E-state index in [9.17, 15) is 4.57 Å². The van der Waals surface area contributed by atoms with E-state index in [-0.39, 0.29) is 24.0 Å². The number of fused-ring (bicyclic) bond motifs is 1. The van der Waals surface area contributed by atoms with E-state index in [0.29, 0.717) is 18.0 Å². The Kier molecular flexibility index (Phi) is 5.90. The molecule has 0 bridgehead atoms. The average Bonchev–Trinajstić information content (AvgIpc) is 3.43. The lowest BCUT2D eigenvalue weighted by atomic mass is 10.2. The fourth-order valence-electron chi connectivity index (χ4n) is 2.91. The van der Waals surface area contributed by atoms with E-state index in [1.54, 1.807) is 6.08 Å². The fraction of sp³-hybridized carbons (Fsp3) is 0.190. The highest BCUT2D eigenvalue weighted by Crippen LogP contribution is 2.47. The topological polar surface area (TPSA) is 92.1 Å². The van der Waals surface area contributed by atoms with Crippen molar-refractivity contribution in [1.82, 2.24) is 4.98 Å². The van der Waals surface area contributed by atoms with Crippen LogP contribution in [0.15, 0.2) is 52.9 Å². The zero-order chi connectivity index (χ0) is 21.0. The van der Waals surface area contributed by atoms with Crippen LogP contribution in [0.4, 0.5) is 5.88 Å². The van der Waals surface area contributed by atoms with Crippen LogP contribution >= 0.6 is 7.60 Å². The Morgan fingerprint density at radius 2 is 1.83 bits per heavy atom. The minimum Gasteiger partial charge on any atom is -0.454 e. The van der Waals surface area contributed by atoms with Crippen molar-refractivity contribution < 1.29 is 27.5 Å². The number of anilines is 1. The van der Waals surface area contributed by atoms with E-state index in [1.807, 2.05) is 54.6 Å². The first-order valence-electron chi connectivity index (χ1n) is 9.20. The highest BCUT2D eigenvalue weighted by Gasteiger charge is 2.33. The van der Waals surface area contributed by atoms with Crippen LogP contribution in [0.2, 0.25) is 0 Å². The summed E-state index contributed by atoms with van der Waals surface area (Å²) in [5, 5.41) is 3.12. The summed E-state index contributed by atoms with van der Waals surface area (Å²) in [4.78, 5) is 4.34. The second kappa shape index (κ2) is 8.75. The van der Waals surface area contributed by atoms with Crippen LogP contribution < -0.4 is 20.2 Å². The molecule has 0 spiro atoms. The maximum atomic E-state index is 13.0. The van der Waals surface area contributed by atoms with Crippen molar-refractivity contribution in [2.45, 2.75) is 6.54 Å². The van der Waals surface area contributed by atoms with Gasteiger partial charge in [0.2, 0.25) is 24.0 Å². The van der Waals surface area contributed by atoms with Gasteiger partial charge in [0.1, 0.15) is 0 Å². The number of ether oxygens (including phenoxy) is 2. The van der Waals surface area contributed by atoms with Gasteiger partial charge in [-0.1, -0.05) is 36.4 Å². The van der Waals surface area contributed by atoms with E-state index >= 15 is 0 Å². The first-order chi connectivity index (χ1) is 14.6. The molecule has 9 heteroatoms. The number of nitrogens with one attached hydrogen (secondary N) is 1. The molecule has 4 rings (SSSR count). The predicted octanol–water partition coefficient (Wildman–Crippen LogP) is 4.30. The van der Waals surface area contributed by atoms with E-state index in [0.717, 1.165) is 11.1 Å². The third kappa shape index (κ3) is 4.26. The van der Waals surface area contributed by atoms with Crippen molar-refractivity contribution >= 4 is 31.1 Å². The molecule has 0 unspecified atom stereocenters. The maximum Gasteiger partial charge on any atom is 0.384 e. The first kappa shape index (κ1) is 20.2. The van der Waals surface area contributed by atoms with Crippen molar-refractivity contribution in [3.63, 3.8) is 0 Å². The Bertz CT molecular complexity index is 1090. The standard InChI is InChI=1S/C21H21N2O6P/c1-25-30(24,26-2)21-20(22-13-16-8-10-17-18(12-16)28-14-27-17)29-19(23-21)11-9-15-6-4-3-5-7-15/h3-12,22H,13-14H2,1-2H3/b11-9+. The Morgan fingerprint density at radius 1 is 1.07 bits per heavy atom. The molecule has 1 aliphatic rings. The van der Waals surface area contributed by atoms with Crippen LogP contribution in [0.3, 0.4) is 0 Å². The summed E-state index contributed by atoms with van der Waals surface area (Å²) in [6.45, 7) is 0.592. The van der Waals surface area contributed by atoms with Crippen LogP contribution in [0.25, 0.3) is 12.2 Å². The Hall–Kier alpha value is -3.06. The molecule has 0 amide bonds. The largest absolute Gasteiger partial charge is 0.454 e. The Balaban J connectivity index is 1.59. The third-order valence-electron chi connectivity index (χ3n) is 4.47. The van der Waals surface area contributed by atoms with E-state index < -0.39 is 7.60 Å². The third-order valence-corrected chi connectivity index (χ3v) is 6.26. The van der Waals surface area contributed by atoms with Gasteiger partial charge >= 0.3 is 7.60 Å². The van der Waals surface area contributed by atoms with Gasteiger partial charge in [0, 0.05) is 26.8 Å². The van der Waals surface area contributed by atoms with Gasteiger partial charge in [-0.15, -0.1) is 0 Å². The molecule has 30 heavy (non-hydrogen) atoms. The molecule has 1 N–H and O–H groups in total. The van der Waals surface area contributed by atoms with Crippen LogP contribution in [-0.2, 0) is 20.2 Å². The van der Waals surface area contributed by atoms with Gasteiger partial charge < -0.3 is 28.3 Å². The number of benzene rings is 2. The van der Waals surface area contributed by atoms with Gasteiger partial charge in [0.25, 0.3) is 0 Å². The van der Waals surface area contributed by atoms with Crippen molar-refractivity contribution in [3.05, 3.63) is 65.5 Å². The van der Waals surface area contributed by atoms with E-state index in [1.165, 1.54) is 14.2 Å². The van der Waals surface area contributed by atoms with Crippen LogP contribution in [0, 0.1) is 0 Å². The molecule has 156 valence electrons. The summed E-state index contributed by atoms with van der Waals surface area (Å²) >= 11 is 0. The summed E-state index contributed by atoms with van der Waals surface area (Å²) in [6.07, 6.45) is 3.54. The molecule has 8 nitrogen and oxygen atoms in total. The van der Waals surface area contributed by atoms with Crippen LogP contribution in [0.5, 0.6) is 11.5 Å². The molecule has 0 atom stereocenters. The quantitative estimate of drug-likeness (QED) is 0.531. The lowest BCUT2D eigenvalue weighted by Gasteiger charge is -2.12. The average molecular weight is 428 g/mol. The van der Waals surface area contributed by atoms with Crippen molar-refractivity contribution in [2.24, 2.45) is 0 Å². The summed E-state index contributed by atoms with van der Waals surface area (Å²) < 4.78 is 39.7. The molecule has 1 aliphatic heterocycles. The molecular weight excluding hydrogens is 407 g/mol. The van der Waals surface area contributed by atoms with E-state index in [4.69, 9.17) is 22.9 Å². The van der Waals surface area contributed by atoms with Gasteiger partial charge in [-0.25, -0.2) is 0 Å². The molecule has 0 fully saturated rings. The Morgan fingerprint density at radius 3 is 2.60 bits per heavy atom. The van der Waals surface area contributed by atoms with Crippen LogP contribution in [-0.4, -0.2) is 26.0 Å². The minimum atomic E-state index is -3.63. The van der Waals surface area contributed by atoms with Gasteiger partial charge in [0.15, 0.2) is 11.5 Å². The first-order valence-corrected chi connectivity index (χ1v) is 10.7. The van der Waals surface area contributed by atoms with Crippen molar-refractivity contribution in [3.8, 4) is 11.5 Å². The zero-order valence-corrected chi connectivity index (χ0v) is 17.4. The van der Waals surface area contributed by atoms with Crippen molar-refractivity contribution in [2.75, 3.05) is 26.3 Å². The summed E-state index contributed by atoms with van der Waals surface area (Å²) in [5.41, 5.74) is 1.99. The second-order valence-electron chi connectivity index (χ2n) is 6.35. The normalized spacial score (nSPS) is 13.1. The SMILES string of the molecule is COP(=O)(OC)c1nc(/C=C/c2ccccc2)oc1NCc1ccc2c(c1)OCO2. The fourth-order valence-corrected chi connectivity index (χ4v) is 4.00. The lowest BCUT2D eigenvalue weighted by Crippen LogP contribution is -2.14. The summed E-state index contributed by atoms with van der Waals surface area (Å²) in [5.74, 6) is 1.87. The number of hydrogen-bond acceptors (Lipinski definition) is 8. The van der Waals surface area contributed by atoms with Crippen LogP contribution in [0.1, 0.15) is 17.0 Å². The highest BCUT2D eigenvalue weighted by molar-refractivity contribution is 7.62. The summed E-state index contributed by atoms with van der Waals surface area (Å²) in [6, 6.07) is 15.3. The molecule has 2 heterocycles. The molecule has 0 saturated carbocycles. The molecule has 2 aromatic carbocycles. The van der Waals surface area contributed by atoms with Crippen molar-refractivity contribution in [1.29, 1.82) is 0 Å². The number of hydrogen-bond donors (Lipinski definition) is 1. The minimum absolute atomic E-state index is 0.0842. The smallest absolute Gasteiger partial charge is 0.384 e. The zero-order valence-electron chi connectivity index (χ0n) is 16.5. The number of nitrogens with zero attached hydrogens (tertiary/aromatic N) is 1. The number of rotatable bonds is 8. The molecule has 0 saturated heterocycles. The molecule has 0 radical (unpaired) electrons. The molecular formula is C21H21N2O6P. The van der Waals surface area contributed by atoms with Gasteiger partial charge in [-0.2, -0.15) is 4.98 Å². The summed E-state index contributed by atoms with van der Waals surface area (Å²) in [7, 11) is -1.02. The molecule has 3 aromatic rings. The lowest BCUT2D eigenvalue weighted by molar-refractivity contribution is 0.174. The predicted molar refractivity (Wildman–Crippen MR) is 113 cm³/mol. The van der Waals surface area contributed by atoms with E-state index in [2.05, 4.69) is 10.3 Å². The van der Waals surface area contributed by atoms with Gasteiger partial charge in [-0.05, 0) is 29.3 Å². The van der Waals surface area contributed by atoms with Gasteiger partial charge in [0.05, 0.1) is 0 Å². The Labute approximate surface area is 174 Å².